The van der Waals surface area contributed by atoms with Crippen molar-refractivity contribution in [2.24, 2.45) is 5.92 Å². The van der Waals surface area contributed by atoms with Crippen LogP contribution < -0.4 is 0 Å². The third-order valence-corrected chi connectivity index (χ3v) is 4.56. The molecule has 0 spiro atoms. The van der Waals surface area contributed by atoms with Gasteiger partial charge in [-0.1, -0.05) is 0 Å². The van der Waals surface area contributed by atoms with Crippen LogP contribution in [0.4, 0.5) is 0 Å². The minimum Gasteiger partial charge on any atom is -0.381 e. The van der Waals surface area contributed by atoms with Gasteiger partial charge < -0.3 is 9.64 Å². The van der Waals surface area contributed by atoms with Gasteiger partial charge in [0.15, 0.2) is 0 Å². The number of nitrogens with zero attached hydrogens (tertiary/aromatic N) is 2. The molecule has 0 N–H and O–H groups in total. The number of likely N-dealkylation sites (N-methyl/N-ethyl adjacent to an activating group) is 1. The maximum absolute atomic E-state index is 5.50. The Morgan fingerprint density at radius 2 is 2.16 bits per heavy atom. The standard InChI is InChI=1S/C15H26N2OS/c1-13-4-5-15(19-13)11-17(8-7-16(2)3)10-14-6-9-18-12-14/h4-5,14H,6-12H2,1-3H3/t14-/m1/s1. The molecule has 0 bridgehead atoms. The predicted octanol–water partition coefficient (Wildman–Crippen LogP) is 2.46. The molecule has 0 saturated carbocycles. The maximum Gasteiger partial charge on any atom is 0.0507 e. The van der Waals surface area contributed by atoms with Crippen molar-refractivity contribution in [3.63, 3.8) is 0 Å². The van der Waals surface area contributed by atoms with E-state index in [9.17, 15) is 0 Å². The van der Waals surface area contributed by atoms with Crippen LogP contribution in [-0.4, -0.2) is 56.7 Å². The lowest BCUT2D eigenvalue weighted by molar-refractivity contribution is 0.160. The second-order valence-corrected chi connectivity index (χ2v) is 7.15. The van der Waals surface area contributed by atoms with Crippen LogP contribution in [0.2, 0.25) is 0 Å². The average Bonchev–Trinajstić information content (AvgIpc) is 2.98. The normalized spacial score (nSPS) is 19.7. The van der Waals surface area contributed by atoms with E-state index in [0.29, 0.717) is 0 Å². The summed E-state index contributed by atoms with van der Waals surface area (Å²) in [6.07, 6.45) is 1.22. The van der Waals surface area contributed by atoms with Crippen LogP contribution in [0.25, 0.3) is 0 Å². The first-order chi connectivity index (χ1) is 9.13. The van der Waals surface area contributed by atoms with Crippen LogP contribution in [0.15, 0.2) is 12.1 Å². The molecule has 4 heteroatoms. The number of hydrogen-bond acceptors (Lipinski definition) is 4. The second kappa shape index (κ2) is 7.39. The molecule has 1 aromatic heterocycles. The Labute approximate surface area is 121 Å². The lowest BCUT2D eigenvalue weighted by Gasteiger charge is -2.26. The van der Waals surface area contributed by atoms with Crippen LogP contribution in [0.3, 0.4) is 0 Å². The number of ether oxygens (including phenoxy) is 1. The summed E-state index contributed by atoms with van der Waals surface area (Å²) in [6.45, 7) is 8.60. The minimum absolute atomic E-state index is 0.725. The molecule has 2 heterocycles. The molecular weight excluding hydrogens is 256 g/mol. The fraction of sp³-hybridized carbons (Fsp3) is 0.733. The fourth-order valence-corrected chi connectivity index (χ4v) is 3.39. The highest BCUT2D eigenvalue weighted by Crippen LogP contribution is 2.20. The Kier molecular flexibility index (Phi) is 5.82. The Balaban J connectivity index is 1.88. The third kappa shape index (κ3) is 5.22. The van der Waals surface area contributed by atoms with E-state index in [0.717, 1.165) is 38.8 Å². The van der Waals surface area contributed by atoms with E-state index < -0.39 is 0 Å². The summed E-state index contributed by atoms with van der Waals surface area (Å²) in [5.41, 5.74) is 0. The highest BCUT2D eigenvalue weighted by atomic mass is 32.1. The summed E-state index contributed by atoms with van der Waals surface area (Å²) in [5, 5.41) is 0. The van der Waals surface area contributed by atoms with E-state index in [1.807, 2.05) is 11.3 Å². The van der Waals surface area contributed by atoms with Gasteiger partial charge in [0.2, 0.25) is 0 Å². The van der Waals surface area contributed by atoms with Gasteiger partial charge in [0.1, 0.15) is 0 Å². The Bertz CT molecular complexity index is 372. The molecule has 0 aliphatic carbocycles. The van der Waals surface area contributed by atoms with Gasteiger partial charge in [-0.25, -0.2) is 0 Å². The van der Waals surface area contributed by atoms with Crippen molar-refractivity contribution < 1.29 is 4.74 Å². The quantitative estimate of drug-likeness (QED) is 0.764. The van der Waals surface area contributed by atoms with E-state index in [1.165, 1.54) is 22.7 Å². The monoisotopic (exact) mass is 282 g/mol. The molecule has 0 amide bonds. The van der Waals surface area contributed by atoms with Gasteiger partial charge in [0, 0.05) is 42.5 Å². The number of thiophene rings is 1. The molecule has 1 fully saturated rings. The van der Waals surface area contributed by atoms with Crippen molar-refractivity contribution in [3.8, 4) is 0 Å². The molecule has 3 nitrogen and oxygen atoms in total. The van der Waals surface area contributed by atoms with Crippen LogP contribution in [0.1, 0.15) is 16.2 Å². The first-order valence-corrected chi connectivity index (χ1v) is 7.95. The Hall–Kier alpha value is -0.420. The first-order valence-electron chi connectivity index (χ1n) is 7.13. The summed E-state index contributed by atoms with van der Waals surface area (Å²) < 4.78 is 5.50. The zero-order chi connectivity index (χ0) is 13.7. The van der Waals surface area contributed by atoms with Crippen molar-refractivity contribution in [2.45, 2.75) is 19.9 Å². The van der Waals surface area contributed by atoms with Gasteiger partial charge >= 0.3 is 0 Å². The van der Waals surface area contributed by atoms with Crippen molar-refractivity contribution in [1.29, 1.82) is 0 Å². The molecule has 1 aliphatic rings. The van der Waals surface area contributed by atoms with Gasteiger partial charge in [0.25, 0.3) is 0 Å². The molecule has 0 unspecified atom stereocenters. The SMILES string of the molecule is Cc1ccc(CN(CCN(C)C)C[C@H]2CCOC2)s1. The van der Waals surface area contributed by atoms with E-state index in [1.54, 1.807) is 0 Å². The summed E-state index contributed by atoms with van der Waals surface area (Å²) in [4.78, 5) is 7.74. The van der Waals surface area contributed by atoms with Gasteiger partial charge in [0.05, 0.1) is 6.61 Å². The largest absolute Gasteiger partial charge is 0.381 e. The topological polar surface area (TPSA) is 15.7 Å². The summed E-state index contributed by atoms with van der Waals surface area (Å²) in [7, 11) is 4.29. The minimum atomic E-state index is 0.725. The number of hydrogen-bond donors (Lipinski definition) is 0. The van der Waals surface area contributed by atoms with Crippen molar-refractivity contribution in [2.75, 3.05) is 46.9 Å². The van der Waals surface area contributed by atoms with E-state index in [4.69, 9.17) is 4.74 Å². The van der Waals surface area contributed by atoms with Crippen molar-refractivity contribution in [3.05, 3.63) is 21.9 Å². The van der Waals surface area contributed by atoms with Gasteiger partial charge in [-0.2, -0.15) is 0 Å². The predicted molar refractivity (Wildman–Crippen MR) is 81.8 cm³/mol. The maximum atomic E-state index is 5.50. The molecule has 1 aliphatic heterocycles. The molecule has 1 saturated heterocycles. The Morgan fingerprint density at radius 1 is 1.32 bits per heavy atom. The molecule has 19 heavy (non-hydrogen) atoms. The molecule has 0 aromatic carbocycles. The van der Waals surface area contributed by atoms with Gasteiger partial charge in [-0.05, 0) is 45.5 Å². The summed E-state index contributed by atoms with van der Waals surface area (Å²) >= 11 is 1.92. The first kappa shape index (κ1) is 15.0. The fourth-order valence-electron chi connectivity index (χ4n) is 2.46. The number of aryl methyl sites for hydroxylation is 1. The van der Waals surface area contributed by atoms with Gasteiger partial charge in [-0.3, -0.25) is 4.90 Å². The highest BCUT2D eigenvalue weighted by molar-refractivity contribution is 7.11. The molecular formula is C15H26N2OS. The van der Waals surface area contributed by atoms with E-state index in [-0.39, 0.29) is 0 Å². The van der Waals surface area contributed by atoms with Crippen LogP contribution in [-0.2, 0) is 11.3 Å². The van der Waals surface area contributed by atoms with Crippen LogP contribution in [0.5, 0.6) is 0 Å². The molecule has 108 valence electrons. The van der Waals surface area contributed by atoms with E-state index in [2.05, 4.69) is 43.0 Å². The highest BCUT2D eigenvalue weighted by Gasteiger charge is 2.19. The smallest absolute Gasteiger partial charge is 0.0507 e. The van der Waals surface area contributed by atoms with E-state index >= 15 is 0 Å². The molecule has 0 radical (unpaired) electrons. The Morgan fingerprint density at radius 3 is 2.74 bits per heavy atom. The zero-order valence-corrected chi connectivity index (χ0v) is 13.2. The third-order valence-electron chi connectivity index (χ3n) is 3.58. The summed E-state index contributed by atoms with van der Waals surface area (Å²) in [5.74, 6) is 0.725. The second-order valence-electron chi connectivity index (χ2n) is 5.78. The van der Waals surface area contributed by atoms with Crippen molar-refractivity contribution in [1.82, 2.24) is 9.80 Å². The van der Waals surface area contributed by atoms with Crippen molar-refractivity contribution >= 4 is 11.3 Å². The molecule has 2 rings (SSSR count). The van der Waals surface area contributed by atoms with Crippen LogP contribution >= 0.6 is 11.3 Å². The molecule has 1 atom stereocenters. The summed E-state index contributed by atoms with van der Waals surface area (Å²) in [6, 6.07) is 4.50. The number of rotatable bonds is 7. The molecule has 1 aromatic rings. The van der Waals surface area contributed by atoms with Gasteiger partial charge in [-0.15, -0.1) is 11.3 Å². The lowest BCUT2D eigenvalue weighted by Crippen LogP contribution is -2.35. The zero-order valence-electron chi connectivity index (χ0n) is 12.4. The van der Waals surface area contributed by atoms with Crippen LogP contribution in [0, 0.1) is 12.8 Å². The lowest BCUT2D eigenvalue weighted by atomic mass is 10.1. The average molecular weight is 282 g/mol.